The van der Waals surface area contributed by atoms with Gasteiger partial charge in [0, 0.05) is 12.7 Å². The Balaban J connectivity index is 1.76. The molecule has 96 valence electrons. The summed E-state index contributed by atoms with van der Waals surface area (Å²) in [5, 5.41) is 3.30. The van der Waals surface area contributed by atoms with Gasteiger partial charge in [0.1, 0.15) is 12.1 Å². The number of imidazole rings is 1. The molecule has 0 fully saturated rings. The monoisotopic (exact) mass is 254 g/mol. The van der Waals surface area contributed by atoms with Crippen molar-refractivity contribution in [3.8, 4) is 5.75 Å². The molecule has 0 aliphatic carbocycles. The van der Waals surface area contributed by atoms with E-state index >= 15 is 0 Å². The van der Waals surface area contributed by atoms with Gasteiger partial charge in [-0.3, -0.25) is 4.40 Å². The lowest BCUT2D eigenvalue weighted by Crippen LogP contribution is -2.05. The average molecular weight is 254 g/mol. The van der Waals surface area contributed by atoms with E-state index in [4.69, 9.17) is 4.74 Å². The largest absolute Gasteiger partial charge is 0.497 e. The van der Waals surface area contributed by atoms with Crippen molar-refractivity contribution in [3.63, 3.8) is 0 Å². The van der Waals surface area contributed by atoms with Crippen LogP contribution in [0.15, 0.2) is 49.1 Å². The predicted octanol–water partition coefficient (Wildman–Crippen LogP) is 2.35. The number of nitrogens with one attached hydrogen (secondary N) is 1. The maximum absolute atomic E-state index is 5.13. The number of aromatic nitrogens is 3. The number of fused-ring (bicyclic) bond motifs is 1. The van der Waals surface area contributed by atoms with Crippen LogP contribution in [-0.4, -0.2) is 21.5 Å². The first-order valence-electron chi connectivity index (χ1n) is 6.01. The Morgan fingerprint density at radius 3 is 2.84 bits per heavy atom. The second kappa shape index (κ2) is 4.97. The maximum Gasteiger partial charge on any atom is 0.208 e. The first-order valence-corrected chi connectivity index (χ1v) is 6.01. The van der Waals surface area contributed by atoms with Crippen molar-refractivity contribution in [1.29, 1.82) is 0 Å². The molecule has 2 aromatic heterocycles. The van der Waals surface area contributed by atoms with Crippen molar-refractivity contribution < 1.29 is 4.74 Å². The van der Waals surface area contributed by atoms with E-state index in [9.17, 15) is 0 Å². The van der Waals surface area contributed by atoms with Gasteiger partial charge in [-0.2, -0.15) is 0 Å². The Bertz CT molecular complexity index is 675. The first kappa shape index (κ1) is 11.5. The minimum absolute atomic E-state index is 0.703. The summed E-state index contributed by atoms with van der Waals surface area (Å²) >= 11 is 0. The molecule has 0 saturated carbocycles. The van der Waals surface area contributed by atoms with Crippen LogP contribution in [0.1, 0.15) is 5.56 Å². The zero-order valence-corrected chi connectivity index (χ0v) is 10.6. The molecule has 2 heterocycles. The van der Waals surface area contributed by atoms with Gasteiger partial charge in [0.25, 0.3) is 0 Å². The number of hydrogen-bond acceptors (Lipinski definition) is 4. The van der Waals surface area contributed by atoms with E-state index in [1.165, 1.54) is 5.56 Å². The molecule has 0 atom stereocenters. The fourth-order valence-electron chi connectivity index (χ4n) is 1.91. The molecule has 0 amide bonds. The van der Waals surface area contributed by atoms with Crippen LogP contribution < -0.4 is 10.1 Å². The van der Waals surface area contributed by atoms with Gasteiger partial charge in [0.2, 0.25) is 5.95 Å². The number of ether oxygens (including phenoxy) is 1. The summed E-state index contributed by atoms with van der Waals surface area (Å²) in [4.78, 5) is 8.42. The smallest absolute Gasteiger partial charge is 0.208 e. The second-order valence-corrected chi connectivity index (χ2v) is 4.16. The number of nitrogens with zero attached hydrogens (tertiary/aromatic N) is 3. The van der Waals surface area contributed by atoms with Gasteiger partial charge in [-0.25, -0.2) is 9.97 Å². The van der Waals surface area contributed by atoms with Crippen molar-refractivity contribution in [2.24, 2.45) is 0 Å². The molecule has 0 saturated heterocycles. The summed E-state index contributed by atoms with van der Waals surface area (Å²) in [6.07, 6.45) is 5.33. The molecule has 0 aliphatic heterocycles. The van der Waals surface area contributed by atoms with E-state index in [0.717, 1.165) is 17.2 Å². The highest BCUT2D eigenvalue weighted by atomic mass is 16.5. The third kappa shape index (κ3) is 2.35. The van der Waals surface area contributed by atoms with Crippen LogP contribution in [0, 0.1) is 0 Å². The number of benzene rings is 1. The van der Waals surface area contributed by atoms with E-state index < -0.39 is 0 Å². The van der Waals surface area contributed by atoms with Crippen molar-refractivity contribution in [2.75, 3.05) is 12.4 Å². The standard InChI is InChI=1S/C14H14N4O/c1-19-13-4-2-11(3-5-13)8-17-14-16-7-6-12-9-15-10-18(12)14/h2-7,9-10H,8H2,1H3,(H,16,17). The van der Waals surface area contributed by atoms with Crippen LogP contribution in [0.2, 0.25) is 0 Å². The fraction of sp³-hybridized carbons (Fsp3) is 0.143. The highest BCUT2D eigenvalue weighted by molar-refractivity contribution is 5.49. The number of methoxy groups -OCH3 is 1. The molecule has 0 unspecified atom stereocenters. The van der Waals surface area contributed by atoms with E-state index in [0.29, 0.717) is 6.54 Å². The minimum atomic E-state index is 0.703. The molecule has 0 radical (unpaired) electrons. The van der Waals surface area contributed by atoms with Crippen LogP contribution in [0.4, 0.5) is 5.95 Å². The highest BCUT2D eigenvalue weighted by Crippen LogP contribution is 2.13. The third-order valence-electron chi connectivity index (χ3n) is 2.95. The fourth-order valence-corrected chi connectivity index (χ4v) is 1.91. The van der Waals surface area contributed by atoms with E-state index in [-0.39, 0.29) is 0 Å². The molecular formula is C14H14N4O. The third-order valence-corrected chi connectivity index (χ3v) is 2.95. The molecule has 5 nitrogen and oxygen atoms in total. The van der Waals surface area contributed by atoms with Crippen molar-refractivity contribution >= 4 is 11.5 Å². The van der Waals surface area contributed by atoms with Gasteiger partial charge in [-0.1, -0.05) is 12.1 Å². The summed E-state index contributed by atoms with van der Waals surface area (Å²) in [6.45, 7) is 0.703. The summed E-state index contributed by atoms with van der Waals surface area (Å²) in [5.74, 6) is 1.64. The summed E-state index contributed by atoms with van der Waals surface area (Å²) < 4.78 is 7.05. The highest BCUT2D eigenvalue weighted by Gasteiger charge is 2.01. The first-order chi connectivity index (χ1) is 9.36. The molecule has 3 aromatic rings. The zero-order chi connectivity index (χ0) is 13.1. The van der Waals surface area contributed by atoms with E-state index in [2.05, 4.69) is 15.3 Å². The van der Waals surface area contributed by atoms with Crippen LogP contribution in [0.3, 0.4) is 0 Å². The van der Waals surface area contributed by atoms with Gasteiger partial charge < -0.3 is 10.1 Å². The Kier molecular flexibility index (Phi) is 3.02. The molecule has 1 aromatic carbocycles. The quantitative estimate of drug-likeness (QED) is 0.776. The Labute approximate surface area is 110 Å². The lowest BCUT2D eigenvalue weighted by Gasteiger charge is -2.08. The van der Waals surface area contributed by atoms with Crippen molar-refractivity contribution in [3.05, 3.63) is 54.6 Å². The zero-order valence-electron chi connectivity index (χ0n) is 10.6. The van der Waals surface area contributed by atoms with Gasteiger partial charge in [-0.15, -0.1) is 0 Å². The molecule has 5 heteroatoms. The van der Waals surface area contributed by atoms with Crippen LogP contribution in [0.5, 0.6) is 5.75 Å². The molecule has 0 spiro atoms. The molecular weight excluding hydrogens is 240 g/mol. The average Bonchev–Trinajstić information content (AvgIpc) is 2.94. The maximum atomic E-state index is 5.13. The van der Waals surface area contributed by atoms with Gasteiger partial charge in [0.05, 0.1) is 18.8 Å². The minimum Gasteiger partial charge on any atom is -0.497 e. The van der Waals surface area contributed by atoms with Gasteiger partial charge in [0.15, 0.2) is 0 Å². The predicted molar refractivity (Wildman–Crippen MR) is 73.3 cm³/mol. The number of rotatable bonds is 4. The lowest BCUT2D eigenvalue weighted by molar-refractivity contribution is 0.414. The second-order valence-electron chi connectivity index (χ2n) is 4.16. The molecule has 0 bridgehead atoms. The number of hydrogen-bond donors (Lipinski definition) is 1. The SMILES string of the molecule is COc1ccc(CNc2nccc3cncn23)cc1. The molecule has 19 heavy (non-hydrogen) atoms. The van der Waals surface area contributed by atoms with E-state index in [1.807, 2.05) is 34.7 Å². The van der Waals surface area contributed by atoms with Crippen LogP contribution in [0.25, 0.3) is 5.52 Å². The Hall–Kier alpha value is -2.56. The Morgan fingerprint density at radius 2 is 2.05 bits per heavy atom. The summed E-state index contributed by atoms with van der Waals surface area (Å²) in [7, 11) is 1.66. The lowest BCUT2D eigenvalue weighted by atomic mass is 10.2. The van der Waals surface area contributed by atoms with Crippen LogP contribution in [-0.2, 0) is 6.54 Å². The van der Waals surface area contributed by atoms with Crippen molar-refractivity contribution in [2.45, 2.75) is 6.54 Å². The van der Waals surface area contributed by atoms with Gasteiger partial charge >= 0.3 is 0 Å². The van der Waals surface area contributed by atoms with Gasteiger partial charge in [-0.05, 0) is 23.8 Å². The topological polar surface area (TPSA) is 51.5 Å². The molecule has 0 aliphatic rings. The van der Waals surface area contributed by atoms with Crippen LogP contribution >= 0.6 is 0 Å². The number of anilines is 1. The molecule has 3 rings (SSSR count). The van der Waals surface area contributed by atoms with E-state index in [1.54, 1.807) is 25.8 Å². The Morgan fingerprint density at radius 1 is 1.21 bits per heavy atom. The molecule has 1 N–H and O–H groups in total. The summed E-state index contributed by atoms with van der Waals surface area (Å²) in [5.41, 5.74) is 2.19. The normalized spacial score (nSPS) is 10.6. The van der Waals surface area contributed by atoms with Crippen molar-refractivity contribution in [1.82, 2.24) is 14.4 Å². The summed E-state index contributed by atoms with van der Waals surface area (Å²) in [6, 6.07) is 9.87.